The number of aromatic nitrogens is 3. The van der Waals surface area contributed by atoms with Crippen molar-refractivity contribution in [2.45, 2.75) is 0 Å². The van der Waals surface area contributed by atoms with Gasteiger partial charge >= 0.3 is 0 Å². The molecular formula is C46H27N3S. The molecule has 0 saturated carbocycles. The number of hydrogen-bond donors (Lipinski definition) is 0. The van der Waals surface area contributed by atoms with Gasteiger partial charge in [-0.05, 0) is 57.6 Å². The number of hydrogen-bond acceptors (Lipinski definition) is 3. The predicted octanol–water partition coefficient (Wildman–Crippen LogP) is 12.7. The number of fused-ring (bicyclic) bond motifs is 11. The van der Waals surface area contributed by atoms with Crippen molar-refractivity contribution in [3.05, 3.63) is 164 Å². The minimum atomic E-state index is 0.672. The summed E-state index contributed by atoms with van der Waals surface area (Å²) >= 11 is 1.87. The van der Waals surface area contributed by atoms with Crippen LogP contribution >= 0.6 is 11.3 Å². The van der Waals surface area contributed by atoms with E-state index in [2.05, 4.69) is 168 Å². The third-order valence-electron chi connectivity index (χ3n) is 10.2. The second-order valence-electron chi connectivity index (χ2n) is 13.0. The largest absolute Gasteiger partial charge is 0.278 e. The zero-order valence-corrected chi connectivity index (χ0v) is 27.7. The second-order valence-corrected chi connectivity index (χ2v) is 14.0. The van der Waals surface area contributed by atoms with Crippen LogP contribution in [0, 0.1) is 0 Å². The van der Waals surface area contributed by atoms with Crippen LogP contribution in [-0.2, 0) is 0 Å². The van der Waals surface area contributed by atoms with Crippen LogP contribution in [0.25, 0.3) is 103 Å². The molecule has 0 aliphatic carbocycles. The van der Waals surface area contributed by atoms with E-state index in [0.717, 1.165) is 44.0 Å². The zero-order chi connectivity index (χ0) is 32.8. The van der Waals surface area contributed by atoms with E-state index in [4.69, 9.17) is 9.97 Å². The van der Waals surface area contributed by atoms with Crippen molar-refractivity contribution < 1.29 is 0 Å². The van der Waals surface area contributed by atoms with Crippen LogP contribution in [0.3, 0.4) is 0 Å². The maximum absolute atomic E-state index is 5.43. The molecule has 0 aliphatic rings. The van der Waals surface area contributed by atoms with Crippen LogP contribution in [0.5, 0.6) is 0 Å². The highest BCUT2D eigenvalue weighted by atomic mass is 32.1. The molecule has 3 nitrogen and oxygen atoms in total. The fourth-order valence-electron chi connectivity index (χ4n) is 7.81. The maximum Gasteiger partial charge on any atom is 0.235 e. The summed E-state index contributed by atoms with van der Waals surface area (Å²) in [5.74, 6) is 0.672. The lowest BCUT2D eigenvalue weighted by molar-refractivity contribution is 1.02. The van der Waals surface area contributed by atoms with E-state index < -0.39 is 0 Å². The van der Waals surface area contributed by atoms with E-state index in [1.807, 2.05) is 11.3 Å². The fraction of sp³-hybridized carbons (Fsp3) is 0. The minimum absolute atomic E-state index is 0.672. The molecule has 0 saturated heterocycles. The lowest BCUT2D eigenvalue weighted by atomic mass is 10.0. The highest BCUT2D eigenvalue weighted by Gasteiger charge is 2.21. The van der Waals surface area contributed by atoms with E-state index >= 15 is 0 Å². The molecule has 4 heteroatoms. The molecule has 50 heavy (non-hydrogen) atoms. The third-order valence-corrected chi connectivity index (χ3v) is 11.4. The molecule has 0 bridgehead atoms. The molecule has 0 unspecified atom stereocenters. The van der Waals surface area contributed by atoms with E-state index in [-0.39, 0.29) is 0 Å². The van der Waals surface area contributed by atoms with Crippen molar-refractivity contribution in [3.63, 3.8) is 0 Å². The molecule has 11 rings (SSSR count). The van der Waals surface area contributed by atoms with Gasteiger partial charge in [0.05, 0.1) is 22.2 Å². The quantitative estimate of drug-likeness (QED) is 0.178. The molecule has 0 fully saturated rings. The molecular weight excluding hydrogens is 627 g/mol. The standard InChI is InChI=1S/C46H27N3S/c1-3-11-28(12-4-1)32-21-24-40-37(25-32)38-26-39-35-22-19-30-14-8-10-18-34(30)45(35)50-42(39)27-41(38)49(40)46-47-43(31-15-5-2-6-16-31)36-23-20-29-13-7-9-17-33(29)44(36)48-46/h1-27H. The van der Waals surface area contributed by atoms with E-state index in [1.165, 1.54) is 52.8 Å². The van der Waals surface area contributed by atoms with Crippen molar-refractivity contribution >= 4 is 85.8 Å². The molecule has 0 aliphatic heterocycles. The summed E-state index contributed by atoms with van der Waals surface area (Å²) in [4.78, 5) is 10.9. The molecule has 0 radical (unpaired) electrons. The highest BCUT2D eigenvalue weighted by Crippen LogP contribution is 2.44. The first-order chi connectivity index (χ1) is 24.8. The van der Waals surface area contributed by atoms with E-state index in [1.54, 1.807) is 0 Å². The van der Waals surface area contributed by atoms with Gasteiger partial charge in [-0.15, -0.1) is 11.3 Å². The summed E-state index contributed by atoms with van der Waals surface area (Å²) in [5.41, 5.74) is 7.54. The average Bonchev–Trinajstić information content (AvgIpc) is 3.71. The summed E-state index contributed by atoms with van der Waals surface area (Å²) < 4.78 is 4.87. The van der Waals surface area contributed by atoms with Gasteiger partial charge in [0.15, 0.2) is 0 Å². The Morgan fingerprint density at radius 2 is 1.06 bits per heavy atom. The number of thiophene rings is 1. The molecule has 3 aromatic heterocycles. The van der Waals surface area contributed by atoms with Crippen molar-refractivity contribution in [3.8, 4) is 28.3 Å². The monoisotopic (exact) mass is 653 g/mol. The van der Waals surface area contributed by atoms with Gasteiger partial charge in [-0.3, -0.25) is 4.57 Å². The summed E-state index contributed by atoms with van der Waals surface area (Å²) in [6, 6.07) is 58.8. The molecule has 0 N–H and O–H groups in total. The van der Waals surface area contributed by atoms with Crippen molar-refractivity contribution in [1.29, 1.82) is 0 Å². The maximum atomic E-state index is 5.43. The van der Waals surface area contributed by atoms with Gasteiger partial charge in [0.1, 0.15) is 0 Å². The van der Waals surface area contributed by atoms with Gasteiger partial charge in [-0.2, -0.15) is 0 Å². The smallest absolute Gasteiger partial charge is 0.235 e. The number of nitrogens with zero attached hydrogens (tertiary/aromatic N) is 3. The first-order valence-corrected chi connectivity index (χ1v) is 17.7. The Morgan fingerprint density at radius 3 is 1.86 bits per heavy atom. The van der Waals surface area contributed by atoms with Gasteiger partial charge in [-0.1, -0.05) is 133 Å². The van der Waals surface area contributed by atoms with Gasteiger partial charge < -0.3 is 0 Å². The molecule has 0 spiro atoms. The normalized spacial score (nSPS) is 12.0. The number of benzene rings is 8. The summed E-state index contributed by atoms with van der Waals surface area (Å²) in [6.45, 7) is 0. The summed E-state index contributed by atoms with van der Waals surface area (Å²) in [6.07, 6.45) is 0. The molecule has 0 atom stereocenters. The Kier molecular flexibility index (Phi) is 5.83. The SMILES string of the molecule is c1ccc(-c2ccc3c(c2)c2cc4c(cc2n3-c2nc(-c3ccccc3)c3ccc5ccccc5c3n2)sc2c3ccccc3ccc42)cc1. The van der Waals surface area contributed by atoms with Crippen LogP contribution in [0.2, 0.25) is 0 Å². The van der Waals surface area contributed by atoms with Gasteiger partial charge in [0, 0.05) is 47.3 Å². The zero-order valence-electron chi connectivity index (χ0n) is 26.8. The van der Waals surface area contributed by atoms with Gasteiger partial charge in [-0.25, -0.2) is 9.97 Å². The van der Waals surface area contributed by atoms with Crippen LogP contribution in [0.4, 0.5) is 0 Å². The average molecular weight is 654 g/mol. The predicted molar refractivity (Wildman–Crippen MR) is 213 cm³/mol. The van der Waals surface area contributed by atoms with E-state index in [9.17, 15) is 0 Å². The van der Waals surface area contributed by atoms with Crippen LogP contribution in [0.15, 0.2) is 164 Å². The Morgan fingerprint density at radius 1 is 0.400 bits per heavy atom. The van der Waals surface area contributed by atoms with Crippen LogP contribution < -0.4 is 0 Å². The topological polar surface area (TPSA) is 30.7 Å². The van der Waals surface area contributed by atoms with Crippen LogP contribution in [0.1, 0.15) is 0 Å². The molecule has 3 heterocycles. The first kappa shape index (κ1) is 27.6. The van der Waals surface area contributed by atoms with Crippen LogP contribution in [-0.4, -0.2) is 14.5 Å². The van der Waals surface area contributed by atoms with Crippen molar-refractivity contribution in [2.75, 3.05) is 0 Å². The molecule has 8 aromatic carbocycles. The highest BCUT2D eigenvalue weighted by molar-refractivity contribution is 7.26. The molecule has 11 aromatic rings. The summed E-state index contributed by atoms with van der Waals surface area (Å²) in [5, 5.41) is 10.9. The Labute approximate surface area is 291 Å². The lowest BCUT2D eigenvalue weighted by Crippen LogP contribution is -2.03. The van der Waals surface area contributed by atoms with Crippen molar-refractivity contribution in [1.82, 2.24) is 14.5 Å². The number of rotatable bonds is 3. The van der Waals surface area contributed by atoms with Gasteiger partial charge in [0.25, 0.3) is 0 Å². The second kappa shape index (κ2) is 10.6. The minimum Gasteiger partial charge on any atom is -0.278 e. The Hall–Kier alpha value is -6.36. The van der Waals surface area contributed by atoms with Gasteiger partial charge in [0.2, 0.25) is 5.95 Å². The van der Waals surface area contributed by atoms with Crippen molar-refractivity contribution in [2.24, 2.45) is 0 Å². The Bertz CT molecular complexity index is 3140. The fourth-order valence-corrected chi connectivity index (χ4v) is 9.06. The molecule has 232 valence electrons. The Balaban J connectivity index is 1.29. The van der Waals surface area contributed by atoms with E-state index in [0.29, 0.717) is 5.95 Å². The molecule has 0 amide bonds. The third kappa shape index (κ3) is 4.03. The lowest BCUT2D eigenvalue weighted by Gasteiger charge is -2.13. The summed E-state index contributed by atoms with van der Waals surface area (Å²) in [7, 11) is 0. The first-order valence-electron chi connectivity index (χ1n) is 16.9.